The summed E-state index contributed by atoms with van der Waals surface area (Å²) in [5.41, 5.74) is 1.35. The number of aliphatic hydroxyl groups is 1. The molecule has 0 heterocycles. The van der Waals surface area contributed by atoms with Crippen LogP contribution in [0, 0.1) is 17.8 Å². The predicted octanol–water partition coefficient (Wildman–Crippen LogP) is 4.27. The first-order chi connectivity index (χ1) is 9.47. The maximum absolute atomic E-state index is 10.5. The lowest BCUT2D eigenvalue weighted by atomic mass is 9.73. The number of unbranched alkanes of at least 4 members (excludes halogenated alkanes) is 1. The highest BCUT2D eigenvalue weighted by Crippen LogP contribution is 2.36. The van der Waals surface area contributed by atoms with Gasteiger partial charge in [-0.05, 0) is 38.0 Å². The van der Waals surface area contributed by atoms with E-state index >= 15 is 0 Å². The summed E-state index contributed by atoms with van der Waals surface area (Å²) >= 11 is 0. The third-order valence-electron chi connectivity index (χ3n) is 4.19. The van der Waals surface area contributed by atoms with Gasteiger partial charge in [-0.3, -0.25) is 4.79 Å². The Hall–Kier alpha value is -0.890. The summed E-state index contributed by atoms with van der Waals surface area (Å²) in [6.07, 6.45) is 10.7. The van der Waals surface area contributed by atoms with Crippen molar-refractivity contribution in [2.45, 2.75) is 65.9 Å². The molecule has 2 nitrogen and oxygen atoms in total. The Kier molecular flexibility index (Phi) is 7.22. The minimum absolute atomic E-state index is 0.155. The van der Waals surface area contributed by atoms with E-state index in [-0.39, 0.29) is 17.9 Å². The SMILES string of the molecule is CCCCC(=[OH+])C(C(C)C)C(CC(C)O)C1=CC=CC1. The summed E-state index contributed by atoms with van der Waals surface area (Å²) in [5.74, 6) is 1.42. The van der Waals surface area contributed by atoms with Crippen LogP contribution in [0.3, 0.4) is 0 Å². The van der Waals surface area contributed by atoms with E-state index in [1.807, 2.05) is 6.92 Å². The van der Waals surface area contributed by atoms with Crippen molar-refractivity contribution in [2.75, 3.05) is 0 Å². The molecule has 3 unspecified atom stereocenters. The Morgan fingerprint density at radius 3 is 2.50 bits per heavy atom. The van der Waals surface area contributed by atoms with Crippen LogP contribution in [-0.4, -0.2) is 21.8 Å². The highest BCUT2D eigenvalue weighted by Gasteiger charge is 2.37. The predicted molar refractivity (Wildman–Crippen MR) is 86.4 cm³/mol. The molecule has 1 aliphatic carbocycles. The van der Waals surface area contributed by atoms with E-state index in [0.717, 1.165) is 32.1 Å². The van der Waals surface area contributed by atoms with Crippen LogP contribution in [0.15, 0.2) is 23.8 Å². The number of aliphatic hydroxyl groups excluding tert-OH is 1. The molecule has 0 radical (unpaired) electrons. The molecule has 0 aromatic carbocycles. The average Bonchev–Trinajstić information content (AvgIpc) is 2.88. The van der Waals surface area contributed by atoms with Crippen molar-refractivity contribution in [3.05, 3.63) is 23.8 Å². The van der Waals surface area contributed by atoms with Gasteiger partial charge < -0.3 is 5.11 Å². The van der Waals surface area contributed by atoms with E-state index in [4.69, 9.17) is 0 Å². The Morgan fingerprint density at radius 1 is 1.35 bits per heavy atom. The van der Waals surface area contributed by atoms with Crippen molar-refractivity contribution in [3.8, 4) is 0 Å². The standard InChI is InChI=1S/C18H30O2/c1-5-6-11-17(20)18(13(2)3)16(12-14(4)19)15-9-7-8-10-15/h7-9,13-14,16,18-19H,5-6,10-12H2,1-4H3/p+1. The monoisotopic (exact) mass is 279 g/mol. The highest BCUT2D eigenvalue weighted by atomic mass is 16.3. The second-order valence-corrected chi connectivity index (χ2v) is 6.43. The fourth-order valence-corrected chi connectivity index (χ4v) is 3.24. The van der Waals surface area contributed by atoms with Crippen LogP contribution in [0.1, 0.15) is 59.8 Å². The van der Waals surface area contributed by atoms with Crippen molar-refractivity contribution in [1.82, 2.24) is 0 Å². The van der Waals surface area contributed by atoms with Gasteiger partial charge in [0.15, 0.2) is 0 Å². The maximum Gasteiger partial charge on any atom is 0.296 e. The highest BCUT2D eigenvalue weighted by molar-refractivity contribution is 5.83. The molecule has 2 heteroatoms. The Balaban J connectivity index is 2.89. The first-order valence-corrected chi connectivity index (χ1v) is 8.05. The summed E-state index contributed by atoms with van der Waals surface area (Å²) in [5, 5.41) is 9.83. The minimum atomic E-state index is -0.332. The van der Waals surface area contributed by atoms with Crippen molar-refractivity contribution in [1.29, 1.82) is 0 Å². The van der Waals surface area contributed by atoms with Crippen molar-refractivity contribution in [2.24, 2.45) is 17.8 Å². The van der Waals surface area contributed by atoms with E-state index in [0.29, 0.717) is 11.7 Å². The lowest BCUT2D eigenvalue weighted by Gasteiger charge is -2.29. The number of allylic oxidation sites excluding steroid dienone is 4. The molecule has 2 N–H and O–H groups in total. The van der Waals surface area contributed by atoms with Gasteiger partial charge in [0.2, 0.25) is 0 Å². The first kappa shape index (κ1) is 17.2. The normalized spacial score (nSPS) is 19.0. The van der Waals surface area contributed by atoms with Gasteiger partial charge in [-0.15, -0.1) is 0 Å². The van der Waals surface area contributed by atoms with E-state index in [1.165, 1.54) is 5.57 Å². The topological polar surface area (TPSA) is 41.6 Å². The second-order valence-electron chi connectivity index (χ2n) is 6.43. The molecule has 0 bridgehead atoms. The quantitative estimate of drug-likeness (QED) is 0.629. The zero-order valence-corrected chi connectivity index (χ0v) is 13.5. The molecule has 0 aromatic rings. The zero-order valence-electron chi connectivity index (χ0n) is 13.5. The van der Waals surface area contributed by atoms with Gasteiger partial charge in [0, 0.05) is 0 Å². The molecule has 0 fully saturated rings. The zero-order chi connectivity index (χ0) is 15.1. The van der Waals surface area contributed by atoms with E-state index in [2.05, 4.69) is 39.0 Å². The first-order valence-electron chi connectivity index (χ1n) is 8.05. The Labute approximate surface area is 124 Å². The lowest BCUT2D eigenvalue weighted by molar-refractivity contribution is 0.151. The molecule has 3 atom stereocenters. The molecule has 0 saturated carbocycles. The van der Waals surface area contributed by atoms with Crippen LogP contribution in [-0.2, 0) is 0 Å². The van der Waals surface area contributed by atoms with Gasteiger partial charge in [-0.25, -0.2) is 0 Å². The minimum Gasteiger partial charge on any atom is -0.393 e. The number of hydrogen-bond donors (Lipinski definition) is 1. The second kappa shape index (κ2) is 8.41. The van der Waals surface area contributed by atoms with Crippen LogP contribution in [0.4, 0.5) is 0 Å². The number of rotatable bonds is 9. The summed E-state index contributed by atoms with van der Waals surface area (Å²) in [6.45, 7) is 8.33. The van der Waals surface area contributed by atoms with Crippen LogP contribution >= 0.6 is 0 Å². The largest absolute Gasteiger partial charge is 0.393 e. The van der Waals surface area contributed by atoms with Crippen molar-refractivity contribution >= 4 is 5.78 Å². The molecule has 1 aliphatic rings. The fraction of sp³-hybridized carbons (Fsp3) is 0.722. The van der Waals surface area contributed by atoms with Crippen LogP contribution in [0.2, 0.25) is 0 Å². The van der Waals surface area contributed by atoms with Gasteiger partial charge >= 0.3 is 0 Å². The van der Waals surface area contributed by atoms with E-state index < -0.39 is 0 Å². The molecule has 1 rings (SSSR count). The summed E-state index contributed by atoms with van der Waals surface area (Å²) < 4.78 is 0. The van der Waals surface area contributed by atoms with Gasteiger partial charge in [0.1, 0.15) is 0 Å². The van der Waals surface area contributed by atoms with Crippen molar-refractivity contribution in [3.63, 3.8) is 0 Å². The third-order valence-corrected chi connectivity index (χ3v) is 4.19. The molecule has 0 aromatic heterocycles. The smallest absolute Gasteiger partial charge is 0.296 e. The molecule has 0 aliphatic heterocycles. The number of ketones is 1. The molecule has 0 amide bonds. The molecule has 114 valence electrons. The Bertz CT molecular complexity index is 364. The van der Waals surface area contributed by atoms with Crippen LogP contribution in [0.5, 0.6) is 0 Å². The molecule has 0 spiro atoms. The molecule has 0 saturated heterocycles. The number of hydrogen-bond acceptors (Lipinski definition) is 1. The van der Waals surface area contributed by atoms with E-state index in [1.54, 1.807) is 0 Å². The van der Waals surface area contributed by atoms with Crippen molar-refractivity contribution < 1.29 is 9.90 Å². The third kappa shape index (κ3) is 4.90. The van der Waals surface area contributed by atoms with Gasteiger partial charge in [0.05, 0.1) is 18.4 Å². The Morgan fingerprint density at radius 2 is 2.05 bits per heavy atom. The van der Waals surface area contributed by atoms with Gasteiger partial charge in [-0.1, -0.05) is 51.0 Å². The number of carbonyl (C=O) groups excluding carboxylic acids is 1. The maximum atomic E-state index is 10.5. The van der Waals surface area contributed by atoms with E-state index in [9.17, 15) is 9.90 Å². The molecular formula is C18H31O2+. The molecular weight excluding hydrogens is 248 g/mol. The summed E-state index contributed by atoms with van der Waals surface area (Å²) in [7, 11) is 0. The summed E-state index contributed by atoms with van der Waals surface area (Å²) in [6, 6.07) is 0. The van der Waals surface area contributed by atoms with Crippen LogP contribution in [0.25, 0.3) is 0 Å². The van der Waals surface area contributed by atoms with Gasteiger partial charge in [-0.2, -0.15) is 0 Å². The average molecular weight is 279 g/mol. The lowest BCUT2D eigenvalue weighted by Crippen LogP contribution is -2.32. The summed E-state index contributed by atoms with van der Waals surface area (Å²) in [4.78, 5) is 10.5. The van der Waals surface area contributed by atoms with Gasteiger partial charge in [0.25, 0.3) is 5.78 Å². The molecule has 20 heavy (non-hydrogen) atoms. The fourth-order valence-electron chi connectivity index (χ4n) is 3.24. The van der Waals surface area contributed by atoms with Crippen LogP contribution < -0.4 is 0 Å².